The molecule has 2 unspecified atom stereocenters. The smallest absolute Gasteiger partial charge is 0.510 e. The van der Waals surface area contributed by atoms with Crippen LogP contribution in [0.2, 0.25) is 0 Å². The third kappa shape index (κ3) is 7.92. The van der Waals surface area contributed by atoms with Crippen LogP contribution in [0.1, 0.15) is 20.8 Å². The normalized spacial score (nSPS) is 14.1. The summed E-state index contributed by atoms with van der Waals surface area (Å²) in [6, 6.07) is 0. The van der Waals surface area contributed by atoms with E-state index in [1.807, 2.05) is 0 Å². The highest BCUT2D eigenvalue weighted by Gasteiger charge is 2.28. The number of ether oxygens (including phenoxy) is 4. The lowest BCUT2D eigenvalue weighted by Gasteiger charge is -2.22. The van der Waals surface area contributed by atoms with Crippen LogP contribution in [0.25, 0.3) is 11.2 Å². The second-order valence-corrected chi connectivity index (χ2v) is 8.49. The van der Waals surface area contributed by atoms with Crippen LogP contribution in [0.3, 0.4) is 0 Å². The number of nitrogens with two attached hydrogens (primary N) is 1. The van der Waals surface area contributed by atoms with Crippen LogP contribution in [-0.4, -0.2) is 64.0 Å². The molecule has 0 bridgehead atoms. The fourth-order valence-corrected chi connectivity index (χ4v) is 3.32. The molecule has 2 aromatic rings. The van der Waals surface area contributed by atoms with Gasteiger partial charge in [-0.3, -0.25) is 13.6 Å². The molecular formula is C16H23N5O10P-. The molecule has 178 valence electrons. The van der Waals surface area contributed by atoms with Crippen molar-refractivity contribution in [1.82, 2.24) is 19.5 Å². The Bertz CT molecular complexity index is 968. The van der Waals surface area contributed by atoms with E-state index in [9.17, 15) is 19.3 Å². The van der Waals surface area contributed by atoms with E-state index in [4.69, 9.17) is 24.3 Å². The minimum Gasteiger partial charge on any atom is -0.523 e. The highest BCUT2D eigenvalue weighted by Crippen LogP contribution is 2.48. The maximum absolute atomic E-state index is 12.8. The van der Waals surface area contributed by atoms with Crippen molar-refractivity contribution in [3.05, 3.63) is 12.7 Å². The molecule has 0 aliphatic rings. The van der Waals surface area contributed by atoms with Crippen molar-refractivity contribution < 1.29 is 47.3 Å². The average molecular weight is 476 g/mol. The number of nitrogens with zero attached hydrogens (tertiary/aromatic N) is 4. The first-order valence-corrected chi connectivity index (χ1v) is 10.9. The van der Waals surface area contributed by atoms with E-state index in [1.165, 1.54) is 12.7 Å². The summed E-state index contributed by atoms with van der Waals surface area (Å²) >= 11 is 0. The molecule has 2 N–H and O–H groups in total. The van der Waals surface area contributed by atoms with Gasteiger partial charge < -0.3 is 39.1 Å². The maximum Gasteiger partial charge on any atom is 0.510 e. The molecule has 0 aliphatic heterocycles. The van der Waals surface area contributed by atoms with Crippen LogP contribution in [-0.2, 0) is 39.1 Å². The molecule has 16 heteroatoms. The second-order valence-electron chi connectivity index (χ2n) is 6.49. The summed E-state index contributed by atoms with van der Waals surface area (Å²) in [7, 11) is -4.11. The molecule has 0 radical (unpaired) electrons. The van der Waals surface area contributed by atoms with Crippen LogP contribution in [0, 0.1) is 0 Å². The van der Waals surface area contributed by atoms with E-state index in [-0.39, 0.29) is 12.4 Å². The summed E-state index contributed by atoms with van der Waals surface area (Å²) in [5.41, 5.74) is 6.64. The minimum atomic E-state index is -4.11. The number of anilines is 1. The van der Waals surface area contributed by atoms with Crippen LogP contribution < -0.4 is 10.8 Å². The van der Waals surface area contributed by atoms with E-state index in [2.05, 4.69) is 24.4 Å². The molecule has 2 atom stereocenters. The summed E-state index contributed by atoms with van der Waals surface area (Å²) < 4.78 is 43.2. The standard InChI is InChI=1S/C16H24N5O10P/c1-10(2)31-16(24)27-8-30-32(25,29-7-26-15(22)23)9-28-11(3)4-21-6-20-12-13(17)18-5-19-14(12)21/h5-6,10-11H,4,7-9H2,1-3H3,(H,22,23)(H2,17,18,19)/p-1. The molecule has 0 saturated heterocycles. The summed E-state index contributed by atoms with van der Waals surface area (Å²) in [6.07, 6.45) is -1.78. The van der Waals surface area contributed by atoms with Gasteiger partial charge in [0.15, 0.2) is 11.5 Å². The molecule has 2 aromatic heterocycles. The lowest BCUT2D eigenvalue weighted by atomic mass is 10.4. The van der Waals surface area contributed by atoms with Gasteiger partial charge in [-0.25, -0.2) is 19.7 Å². The first-order valence-electron chi connectivity index (χ1n) is 9.18. The monoisotopic (exact) mass is 476 g/mol. The number of nitrogen functional groups attached to an aromatic ring is 1. The largest absolute Gasteiger partial charge is 0.523 e. The zero-order valence-corrected chi connectivity index (χ0v) is 18.4. The summed E-state index contributed by atoms with van der Waals surface area (Å²) in [5, 5.41) is 10.4. The Balaban J connectivity index is 1.94. The van der Waals surface area contributed by atoms with E-state index in [0.717, 1.165) is 0 Å². The lowest BCUT2D eigenvalue weighted by Crippen LogP contribution is -2.25. The number of imidazole rings is 1. The van der Waals surface area contributed by atoms with Gasteiger partial charge >= 0.3 is 13.8 Å². The molecular weight excluding hydrogens is 453 g/mol. The van der Waals surface area contributed by atoms with Crippen LogP contribution in [0.15, 0.2) is 12.7 Å². The van der Waals surface area contributed by atoms with Crippen molar-refractivity contribution in [2.75, 3.05) is 25.7 Å². The van der Waals surface area contributed by atoms with Crippen molar-refractivity contribution in [3.63, 3.8) is 0 Å². The number of carbonyl (C=O) groups is 2. The molecule has 2 heterocycles. The van der Waals surface area contributed by atoms with Crippen molar-refractivity contribution >= 4 is 36.9 Å². The van der Waals surface area contributed by atoms with Crippen molar-refractivity contribution in [2.24, 2.45) is 0 Å². The van der Waals surface area contributed by atoms with Crippen LogP contribution in [0.4, 0.5) is 15.4 Å². The van der Waals surface area contributed by atoms with Crippen molar-refractivity contribution in [3.8, 4) is 0 Å². The first kappa shape index (κ1) is 25.3. The number of fused-ring (bicyclic) bond motifs is 1. The molecule has 0 saturated carbocycles. The fourth-order valence-electron chi connectivity index (χ4n) is 2.23. The van der Waals surface area contributed by atoms with Gasteiger partial charge in [-0.05, 0) is 20.8 Å². The zero-order valence-electron chi connectivity index (χ0n) is 17.5. The Morgan fingerprint density at radius 3 is 2.50 bits per heavy atom. The van der Waals surface area contributed by atoms with E-state index in [1.54, 1.807) is 25.3 Å². The zero-order chi connectivity index (χ0) is 23.7. The molecule has 0 aliphatic carbocycles. The van der Waals surface area contributed by atoms with E-state index < -0.39 is 52.0 Å². The number of hydrogen-bond donors (Lipinski definition) is 1. The fraction of sp³-hybridized carbons (Fsp3) is 0.562. The Kier molecular flexibility index (Phi) is 9.13. The first-order chi connectivity index (χ1) is 15.1. The summed E-state index contributed by atoms with van der Waals surface area (Å²) in [6.45, 7) is 3.36. The van der Waals surface area contributed by atoms with Crippen molar-refractivity contribution in [2.45, 2.75) is 39.5 Å². The van der Waals surface area contributed by atoms with Gasteiger partial charge in [0.2, 0.25) is 6.79 Å². The minimum absolute atomic E-state index is 0.220. The third-order valence-corrected chi connectivity index (χ3v) is 5.05. The van der Waals surface area contributed by atoms with Crippen LogP contribution in [0.5, 0.6) is 0 Å². The highest BCUT2D eigenvalue weighted by molar-refractivity contribution is 7.53. The number of rotatable bonds is 12. The molecule has 15 nitrogen and oxygen atoms in total. The number of carbonyl (C=O) groups excluding carboxylic acids is 2. The van der Waals surface area contributed by atoms with Gasteiger partial charge in [-0.1, -0.05) is 0 Å². The summed E-state index contributed by atoms with van der Waals surface area (Å²) in [5.74, 6) is 0.220. The SMILES string of the molecule is CC(C)OC(=O)OCOP(=O)(COC(C)Cn1cnc2c(N)ncnc21)OCOC(=O)[O-]. The van der Waals surface area contributed by atoms with Gasteiger partial charge in [-0.2, -0.15) is 0 Å². The molecule has 0 aromatic carbocycles. The van der Waals surface area contributed by atoms with Gasteiger partial charge in [0, 0.05) is 0 Å². The molecule has 0 amide bonds. The molecule has 0 spiro atoms. The van der Waals surface area contributed by atoms with Gasteiger partial charge in [0.05, 0.1) is 25.1 Å². The average Bonchev–Trinajstić information content (AvgIpc) is 3.10. The van der Waals surface area contributed by atoms with Gasteiger partial charge in [-0.15, -0.1) is 0 Å². The third-order valence-electron chi connectivity index (χ3n) is 3.58. The van der Waals surface area contributed by atoms with E-state index >= 15 is 0 Å². The predicted molar refractivity (Wildman–Crippen MR) is 104 cm³/mol. The van der Waals surface area contributed by atoms with E-state index in [0.29, 0.717) is 11.2 Å². The Morgan fingerprint density at radius 2 is 1.84 bits per heavy atom. The quantitative estimate of drug-likeness (QED) is 0.256. The van der Waals surface area contributed by atoms with Gasteiger partial charge in [0.1, 0.15) is 25.0 Å². The predicted octanol–water partition coefficient (Wildman–Crippen LogP) is 0.834. The maximum atomic E-state index is 12.8. The second kappa shape index (κ2) is 11.6. The Hall–Kier alpha value is -3.00. The number of carboxylic acid groups (broad SMARTS) is 1. The Morgan fingerprint density at radius 1 is 1.16 bits per heavy atom. The topological polar surface area (TPSA) is 199 Å². The van der Waals surface area contributed by atoms with Crippen molar-refractivity contribution in [1.29, 1.82) is 0 Å². The lowest BCUT2D eigenvalue weighted by molar-refractivity contribution is -0.287. The summed E-state index contributed by atoms with van der Waals surface area (Å²) in [4.78, 5) is 33.9. The number of hydrogen-bond acceptors (Lipinski definition) is 14. The Labute approximate surface area is 182 Å². The van der Waals surface area contributed by atoms with Crippen LogP contribution >= 0.6 is 7.60 Å². The highest BCUT2D eigenvalue weighted by atomic mass is 31.2. The number of aromatic nitrogens is 4. The molecule has 2 rings (SSSR count). The molecule has 0 fully saturated rings. The van der Waals surface area contributed by atoms with Gasteiger partial charge in [0.25, 0.3) is 6.16 Å². The molecule has 32 heavy (non-hydrogen) atoms.